The fourth-order valence-electron chi connectivity index (χ4n) is 3.41. The summed E-state index contributed by atoms with van der Waals surface area (Å²) in [5.74, 6) is 0.158. The zero-order valence-electron chi connectivity index (χ0n) is 18.9. The van der Waals surface area contributed by atoms with Crippen molar-refractivity contribution in [2.45, 2.75) is 39.4 Å². The van der Waals surface area contributed by atoms with E-state index in [9.17, 15) is 18.0 Å². The second kappa shape index (κ2) is 9.97. The highest BCUT2D eigenvalue weighted by molar-refractivity contribution is 5.95. The zero-order chi connectivity index (χ0) is 24.2. The Labute approximate surface area is 190 Å². The fourth-order valence-corrected chi connectivity index (χ4v) is 3.41. The first kappa shape index (κ1) is 24.2. The number of nitrogens with one attached hydrogen (secondary N) is 1. The smallest absolute Gasteiger partial charge is 0.434 e. The number of para-hydroxylation sites is 1. The van der Waals surface area contributed by atoms with Gasteiger partial charge in [0.05, 0.1) is 37.2 Å². The van der Waals surface area contributed by atoms with E-state index < -0.39 is 29.4 Å². The molecular weight excluding hydrogens is 435 g/mol. The van der Waals surface area contributed by atoms with Crippen LogP contribution in [0.2, 0.25) is 0 Å². The summed E-state index contributed by atoms with van der Waals surface area (Å²) in [4.78, 5) is 12.9. The predicted octanol–water partition coefficient (Wildman–Crippen LogP) is 5.49. The van der Waals surface area contributed by atoms with Gasteiger partial charge in [-0.3, -0.25) is 4.79 Å². The average molecular weight is 461 g/mol. The summed E-state index contributed by atoms with van der Waals surface area (Å²) < 4.78 is 53.6. The van der Waals surface area contributed by atoms with Crippen molar-refractivity contribution >= 4 is 5.91 Å². The minimum Gasteiger partial charge on any atom is -0.493 e. The Balaban J connectivity index is 1.90. The van der Waals surface area contributed by atoms with Crippen LogP contribution in [0, 0.1) is 6.92 Å². The summed E-state index contributed by atoms with van der Waals surface area (Å²) in [6.07, 6.45) is -3.01. The second-order valence-electron chi connectivity index (χ2n) is 7.56. The Morgan fingerprint density at radius 1 is 1.18 bits per heavy atom. The van der Waals surface area contributed by atoms with Gasteiger partial charge in [-0.1, -0.05) is 31.2 Å². The number of methoxy groups -OCH3 is 1. The normalized spacial score (nSPS) is 12.3. The predicted molar refractivity (Wildman–Crippen MR) is 118 cm³/mol. The lowest BCUT2D eigenvalue weighted by Gasteiger charge is -2.18. The van der Waals surface area contributed by atoms with Crippen molar-refractivity contribution in [3.8, 4) is 17.2 Å². The minimum absolute atomic E-state index is 0.254. The van der Waals surface area contributed by atoms with Crippen LogP contribution >= 0.6 is 0 Å². The molecule has 1 atom stereocenters. The van der Waals surface area contributed by atoms with Crippen LogP contribution < -0.4 is 14.8 Å². The van der Waals surface area contributed by atoms with E-state index in [1.165, 1.54) is 13.2 Å². The Morgan fingerprint density at radius 2 is 1.91 bits per heavy atom. The highest BCUT2D eigenvalue weighted by Gasteiger charge is 2.41. The van der Waals surface area contributed by atoms with E-state index in [1.54, 1.807) is 50.2 Å². The maximum atomic E-state index is 14.0. The lowest BCUT2D eigenvalue weighted by Crippen LogP contribution is -2.29. The maximum Gasteiger partial charge on any atom is 0.434 e. The molecule has 2 aromatic carbocycles. The molecule has 0 aliphatic heterocycles. The number of ether oxygens (including phenoxy) is 2. The minimum atomic E-state index is -4.78. The van der Waals surface area contributed by atoms with E-state index in [1.807, 2.05) is 6.92 Å². The van der Waals surface area contributed by atoms with Gasteiger partial charge in [-0.2, -0.15) is 18.3 Å². The largest absolute Gasteiger partial charge is 0.493 e. The molecule has 0 fully saturated rings. The van der Waals surface area contributed by atoms with Crippen LogP contribution in [0.3, 0.4) is 0 Å². The number of amides is 1. The van der Waals surface area contributed by atoms with Crippen molar-refractivity contribution < 1.29 is 27.4 Å². The molecule has 9 heteroatoms. The molecule has 1 unspecified atom stereocenters. The molecule has 6 nitrogen and oxygen atoms in total. The first-order chi connectivity index (χ1) is 15.7. The molecule has 1 N–H and O–H groups in total. The van der Waals surface area contributed by atoms with Gasteiger partial charge in [0.15, 0.2) is 17.2 Å². The van der Waals surface area contributed by atoms with Crippen LogP contribution in [-0.2, 0) is 6.18 Å². The molecule has 1 heterocycles. The number of carbonyl (C=O) groups is 1. The summed E-state index contributed by atoms with van der Waals surface area (Å²) in [5.41, 5.74) is -0.160. The lowest BCUT2D eigenvalue weighted by molar-refractivity contribution is -0.143. The number of aromatic nitrogens is 2. The van der Waals surface area contributed by atoms with Crippen molar-refractivity contribution in [2.24, 2.45) is 0 Å². The summed E-state index contributed by atoms with van der Waals surface area (Å²) in [5, 5.41) is 6.51. The van der Waals surface area contributed by atoms with Crippen LogP contribution in [0.4, 0.5) is 13.2 Å². The summed E-state index contributed by atoms with van der Waals surface area (Å²) in [7, 11) is 1.50. The van der Waals surface area contributed by atoms with E-state index in [0.29, 0.717) is 29.2 Å². The third-order valence-electron chi connectivity index (χ3n) is 5.12. The number of hydrogen-bond donors (Lipinski definition) is 1. The molecule has 176 valence electrons. The molecule has 0 saturated heterocycles. The maximum absolute atomic E-state index is 14.0. The van der Waals surface area contributed by atoms with Crippen LogP contribution in [0.5, 0.6) is 11.5 Å². The Morgan fingerprint density at radius 3 is 2.55 bits per heavy atom. The summed E-state index contributed by atoms with van der Waals surface area (Å²) in [6.45, 7) is 5.86. The van der Waals surface area contributed by atoms with Gasteiger partial charge >= 0.3 is 6.18 Å². The Kier molecular flexibility index (Phi) is 7.30. The van der Waals surface area contributed by atoms with Crippen LogP contribution in [0.25, 0.3) is 5.69 Å². The molecule has 0 spiro atoms. The van der Waals surface area contributed by atoms with Gasteiger partial charge in [0.25, 0.3) is 5.91 Å². The van der Waals surface area contributed by atoms with Gasteiger partial charge < -0.3 is 14.8 Å². The highest BCUT2D eigenvalue weighted by atomic mass is 19.4. The fraction of sp³-hybridized carbons (Fsp3) is 0.333. The van der Waals surface area contributed by atoms with Gasteiger partial charge in [-0.15, -0.1) is 0 Å². The van der Waals surface area contributed by atoms with Gasteiger partial charge in [0.1, 0.15) is 0 Å². The first-order valence-electron chi connectivity index (χ1n) is 10.5. The number of alkyl halides is 3. The van der Waals surface area contributed by atoms with E-state index >= 15 is 0 Å². The van der Waals surface area contributed by atoms with Crippen LogP contribution in [0.15, 0.2) is 48.7 Å². The van der Waals surface area contributed by atoms with Crippen molar-refractivity contribution in [1.29, 1.82) is 0 Å². The number of aryl methyl sites for hydroxylation is 1. The number of benzene rings is 2. The molecule has 0 aliphatic carbocycles. The molecular formula is C24H26F3N3O3. The number of rotatable bonds is 8. The number of carbonyl (C=O) groups excluding carboxylic acids is 1. The third kappa shape index (κ3) is 5.30. The van der Waals surface area contributed by atoms with Crippen LogP contribution in [-0.4, -0.2) is 29.4 Å². The van der Waals surface area contributed by atoms with Gasteiger partial charge in [-0.25, -0.2) is 4.68 Å². The lowest BCUT2D eigenvalue weighted by atomic mass is 10.1. The molecule has 0 aliphatic rings. The first-order valence-corrected chi connectivity index (χ1v) is 10.5. The summed E-state index contributed by atoms with van der Waals surface area (Å²) >= 11 is 0. The quantitative estimate of drug-likeness (QED) is 0.482. The highest BCUT2D eigenvalue weighted by Crippen LogP contribution is 2.35. The van der Waals surface area contributed by atoms with Crippen LogP contribution in [0.1, 0.15) is 53.5 Å². The monoisotopic (exact) mass is 461 g/mol. The molecule has 0 bridgehead atoms. The van der Waals surface area contributed by atoms with Crippen molar-refractivity contribution in [3.63, 3.8) is 0 Å². The summed E-state index contributed by atoms with van der Waals surface area (Å²) in [6, 6.07) is 11.1. The SMILES string of the molecule is CCCOc1ccc(C(C)NC(=O)c2cnn(-c3ccccc3C)c2C(F)(F)F)cc1OC. The van der Waals surface area contributed by atoms with Gasteiger partial charge in [0.2, 0.25) is 0 Å². The van der Waals surface area contributed by atoms with E-state index in [4.69, 9.17) is 9.47 Å². The van der Waals surface area contributed by atoms with Crippen molar-refractivity contribution in [1.82, 2.24) is 15.1 Å². The Bertz CT molecular complexity index is 1130. The molecule has 0 radical (unpaired) electrons. The van der Waals surface area contributed by atoms with Crippen molar-refractivity contribution in [3.05, 3.63) is 71.0 Å². The third-order valence-corrected chi connectivity index (χ3v) is 5.12. The van der Waals surface area contributed by atoms with Gasteiger partial charge in [-0.05, 0) is 49.6 Å². The molecule has 0 saturated carbocycles. The standard InChI is InChI=1S/C24H26F3N3O3/c1-5-12-33-20-11-10-17(13-21(20)32-4)16(3)29-23(31)18-14-28-30(22(18)24(25,26)27)19-9-7-6-8-15(19)2/h6-11,13-14,16H,5,12H2,1-4H3,(H,29,31). The number of halogens is 3. The molecule has 3 aromatic rings. The average Bonchev–Trinajstić information content (AvgIpc) is 3.23. The molecule has 3 rings (SSSR count). The van der Waals surface area contributed by atoms with E-state index in [0.717, 1.165) is 17.3 Å². The number of nitrogens with zero attached hydrogens (tertiary/aromatic N) is 2. The molecule has 1 amide bonds. The molecule has 33 heavy (non-hydrogen) atoms. The Hall–Kier alpha value is -3.49. The topological polar surface area (TPSA) is 65.4 Å². The van der Waals surface area contributed by atoms with E-state index in [2.05, 4.69) is 10.4 Å². The van der Waals surface area contributed by atoms with E-state index in [-0.39, 0.29) is 5.69 Å². The van der Waals surface area contributed by atoms with Gasteiger partial charge in [0, 0.05) is 0 Å². The zero-order valence-corrected chi connectivity index (χ0v) is 18.9. The number of hydrogen-bond acceptors (Lipinski definition) is 4. The molecule has 1 aromatic heterocycles. The second-order valence-corrected chi connectivity index (χ2v) is 7.56. The van der Waals surface area contributed by atoms with Crippen molar-refractivity contribution in [2.75, 3.05) is 13.7 Å².